The second-order valence-corrected chi connectivity index (χ2v) is 4.39. The van der Waals surface area contributed by atoms with Crippen molar-refractivity contribution in [2.24, 2.45) is 0 Å². The van der Waals surface area contributed by atoms with Crippen molar-refractivity contribution < 1.29 is 4.39 Å². The quantitative estimate of drug-likeness (QED) is 0.777. The van der Waals surface area contributed by atoms with Crippen LogP contribution in [0.1, 0.15) is 11.1 Å². The SMILES string of the molecule is Fc1ccc(CCNC/C=C\c2ccccc2)cc1. The van der Waals surface area contributed by atoms with E-state index in [1.165, 1.54) is 17.7 Å². The summed E-state index contributed by atoms with van der Waals surface area (Å²) in [7, 11) is 0. The number of rotatable bonds is 6. The first-order valence-electron chi connectivity index (χ1n) is 6.51. The van der Waals surface area contributed by atoms with Crippen molar-refractivity contribution in [3.63, 3.8) is 0 Å². The van der Waals surface area contributed by atoms with Gasteiger partial charge in [-0.2, -0.15) is 0 Å². The third-order valence-electron chi connectivity index (χ3n) is 2.88. The average Bonchev–Trinajstić information content (AvgIpc) is 2.46. The highest BCUT2D eigenvalue weighted by Crippen LogP contribution is 2.03. The van der Waals surface area contributed by atoms with Crippen LogP contribution >= 0.6 is 0 Å². The molecule has 0 aromatic heterocycles. The number of nitrogens with one attached hydrogen (secondary N) is 1. The summed E-state index contributed by atoms with van der Waals surface area (Å²) in [6, 6.07) is 16.9. The maximum atomic E-state index is 12.7. The summed E-state index contributed by atoms with van der Waals surface area (Å²) in [6.07, 6.45) is 5.13. The molecule has 0 unspecified atom stereocenters. The monoisotopic (exact) mass is 255 g/mol. The molecule has 0 aliphatic carbocycles. The van der Waals surface area contributed by atoms with Crippen LogP contribution in [-0.4, -0.2) is 13.1 Å². The fourth-order valence-corrected chi connectivity index (χ4v) is 1.83. The standard InChI is InChI=1S/C17H18FN/c18-17-10-8-16(9-11-17)12-14-19-13-4-7-15-5-2-1-3-6-15/h1-11,19H,12-14H2/b7-4-. The van der Waals surface area contributed by atoms with E-state index in [0.29, 0.717) is 0 Å². The van der Waals surface area contributed by atoms with E-state index in [9.17, 15) is 4.39 Å². The largest absolute Gasteiger partial charge is 0.313 e. The molecule has 1 N–H and O–H groups in total. The Morgan fingerprint density at radius 1 is 0.947 bits per heavy atom. The molecule has 0 spiro atoms. The fourth-order valence-electron chi connectivity index (χ4n) is 1.83. The van der Waals surface area contributed by atoms with Gasteiger partial charge in [0.15, 0.2) is 0 Å². The van der Waals surface area contributed by atoms with Crippen molar-refractivity contribution >= 4 is 6.08 Å². The topological polar surface area (TPSA) is 12.0 Å². The van der Waals surface area contributed by atoms with Crippen molar-refractivity contribution in [1.82, 2.24) is 5.32 Å². The van der Waals surface area contributed by atoms with Gasteiger partial charge in [0.1, 0.15) is 5.82 Å². The Labute approximate surface area is 113 Å². The first-order valence-corrected chi connectivity index (χ1v) is 6.51. The zero-order chi connectivity index (χ0) is 13.3. The average molecular weight is 255 g/mol. The Hall–Kier alpha value is -1.93. The van der Waals surface area contributed by atoms with E-state index < -0.39 is 0 Å². The van der Waals surface area contributed by atoms with E-state index in [1.54, 1.807) is 0 Å². The molecule has 0 saturated heterocycles. The van der Waals surface area contributed by atoms with Gasteiger partial charge in [-0.15, -0.1) is 0 Å². The molecule has 98 valence electrons. The van der Waals surface area contributed by atoms with Crippen LogP contribution in [0.15, 0.2) is 60.7 Å². The van der Waals surface area contributed by atoms with E-state index in [0.717, 1.165) is 25.1 Å². The van der Waals surface area contributed by atoms with E-state index >= 15 is 0 Å². The number of hydrogen-bond acceptors (Lipinski definition) is 1. The molecule has 2 aromatic carbocycles. The van der Waals surface area contributed by atoms with Gasteiger partial charge < -0.3 is 5.32 Å². The van der Waals surface area contributed by atoms with Crippen LogP contribution in [0.25, 0.3) is 6.08 Å². The molecule has 0 saturated carbocycles. The molecule has 0 radical (unpaired) electrons. The number of hydrogen-bond donors (Lipinski definition) is 1. The van der Waals surface area contributed by atoms with Gasteiger partial charge in [0, 0.05) is 6.54 Å². The third kappa shape index (κ3) is 5.06. The Morgan fingerprint density at radius 2 is 1.68 bits per heavy atom. The lowest BCUT2D eigenvalue weighted by Gasteiger charge is -2.02. The van der Waals surface area contributed by atoms with Crippen molar-refractivity contribution in [2.75, 3.05) is 13.1 Å². The molecule has 2 rings (SSSR count). The molecule has 0 aliphatic rings. The molecule has 0 aliphatic heterocycles. The van der Waals surface area contributed by atoms with Gasteiger partial charge in [0.05, 0.1) is 0 Å². The van der Waals surface area contributed by atoms with Gasteiger partial charge in [0.2, 0.25) is 0 Å². The maximum absolute atomic E-state index is 12.7. The summed E-state index contributed by atoms with van der Waals surface area (Å²) in [4.78, 5) is 0. The number of halogens is 1. The van der Waals surface area contributed by atoms with Gasteiger partial charge in [0.25, 0.3) is 0 Å². The molecular formula is C17H18FN. The minimum absolute atomic E-state index is 0.178. The molecule has 0 fully saturated rings. The second kappa shape index (κ2) is 7.49. The van der Waals surface area contributed by atoms with Crippen LogP contribution in [0, 0.1) is 5.82 Å². The molecule has 0 heterocycles. The van der Waals surface area contributed by atoms with Crippen molar-refractivity contribution in [3.8, 4) is 0 Å². The molecule has 0 atom stereocenters. The molecule has 2 heteroatoms. The van der Waals surface area contributed by atoms with Crippen LogP contribution in [-0.2, 0) is 6.42 Å². The first kappa shape index (κ1) is 13.5. The van der Waals surface area contributed by atoms with Crippen molar-refractivity contribution in [1.29, 1.82) is 0 Å². The van der Waals surface area contributed by atoms with E-state index in [2.05, 4.69) is 29.6 Å². The fraction of sp³-hybridized carbons (Fsp3) is 0.176. The maximum Gasteiger partial charge on any atom is 0.123 e. The highest BCUT2D eigenvalue weighted by molar-refractivity contribution is 5.48. The lowest BCUT2D eigenvalue weighted by atomic mass is 10.1. The van der Waals surface area contributed by atoms with Crippen LogP contribution < -0.4 is 5.32 Å². The highest BCUT2D eigenvalue weighted by atomic mass is 19.1. The highest BCUT2D eigenvalue weighted by Gasteiger charge is 1.93. The lowest BCUT2D eigenvalue weighted by Crippen LogP contribution is -2.16. The Morgan fingerprint density at radius 3 is 2.42 bits per heavy atom. The van der Waals surface area contributed by atoms with Gasteiger partial charge in [-0.3, -0.25) is 0 Å². The summed E-state index contributed by atoms with van der Waals surface area (Å²) in [5, 5.41) is 3.34. The van der Waals surface area contributed by atoms with E-state index in [1.807, 2.05) is 30.3 Å². The predicted molar refractivity (Wildman–Crippen MR) is 78.4 cm³/mol. The smallest absolute Gasteiger partial charge is 0.123 e. The van der Waals surface area contributed by atoms with Crippen LogP contribution in [0.2, 0.25) is 0 Å². The zero-order valence-electron chi connectivity index (χ0n) is 10.9. The molecule has 1 nitrogen and oxygen atoms in total. The molecule has 19 heavy (non-hydrogen) atoms. The van der Waals surface area contributed by atoms with Gasteiger partial charge in [-0.1, -0.05) is 54.6 Å². The third-order valence-corrected chi connectivity index (χ3v) is 2.88. The van der Waals surface area contributed by atoms with Crippen LogP contribution in [0.3, 0.4) is 0 Å². The first-order chi connectivity index (χ1) is 9.34. The Bertz CT molecular complexity index is 503. The van der Waals surface area contributed by atoms with Crippen LogP contribution in [0.4, 0.5) is 4.39 Å². The summed E-state index contributed by atoms with van der Waals surface area (Å²) in [5.41, 5.74) is 2.36. The predicted octanol–water partition coefficient (Wildman–Crippen LogP) is 3.67. The van der Waals surface area contributed by atoms with E-state index in [-0.39, 0.29) is 5.82 Å². The molecule has 2 aromatic rings. The summed E-state index contributed by atoms with van der Waals surface area (Å²) in [6.45, 7) is 1.74. The van der Waals surface area contributed by atoms with Gasteiger partial charge >= 0.3 is 0 Å². The zero-order valence-corrected chi connectivity index (χ0v) is 10.9. The molecular weight excluding hydrogens is 237 g/mol. The Balaban J connectivity index is 1.65. The van der Waals surface area contributed by atoms with E-state index in [4.69, 9.17) is 0 Å². The minimum Gasteiger partial charge on any atom is -0.313 e. The second-order valence-electron chi connectivity index (χ2n) is 4.39. The summed E-state index contributed by atoms with van der Waals surface area (Å²) >= 11 is 0. The Kier molecular flexibility index (Phi) is 5.32. The summed E-state index contributed by atoms with van der Waals surface area (Å²) in [5.74, 6) is -0.178. The van der Waals surface area contributed by atoms with Crippen LogP contribution in [0.5, 0.6) is 0 Å². The summed E-state index contributed by atoms with van der Waals surface area (Å²) < 4.78 is 12.7. The van der Waals surface area contributed by atoms with Crippen molar-refractivity contribution in [3.05, 3.63) is 77.6 Å². The number of benzene rings is 2. The normalized spacial score (nSPS) is 11.0. The molecule has 0 bridgehead atoms. The minimum atomic E-state index is -0.178. The van der Waals surface area contributed by atoms with Gasteiger partial charge in [-0.05, 0) is 36.2 Å². The lowest BCUT2D eigenvalue weighted by molar-refractivity contribution is 0.626. The van der Waals surface area contributed by atoms with Gasteiger partial charge in [-0.25, -0.2) is 4.39 Å². The van der Waals surface area contributed by atoms with Crippen molar-refractivity contribution in [2.45, 2.75) is 6.42 Å². The molecule has 0 amide bonds.